The number of rotatable bonds is 7. The lowest BCUT2D eigenvalue weighted by molar-refractivity contribution is 0.168. The van der Waals surface area contributed by atoms with Crippen LogP contribution in [0.3, 0.4) is 0 Å². The van der Waals surface area contributed by atoms with Gasteiger partial charge in [-0.3, -0.25) is 10.1 Å². The Morgan fingerprint density at radius 2 is 1.67 bits per heavy atom. The Morgan fingerprint density at radius 3 is 2.28 bits per heavy atom. The molecule has 2 aromatic carbocycles. The van der Waals surface area contributed by atoms with E-state index < -0.39 is 6.09 Å². The van der Waals surface area contributed by atoms with Gasteiger partial charge in [-0.1, -0.05) is 29.3 Å². The Balaban J connectivity index is 2.06. The molecule has 1 aliphatic heterocycles. The zero-order valence-corrected chi connectivity index (χ0v) is 22.0. The molecule has 0 radical (unpaired) electrons. The molecule has 3 aromatic rings. The smallest absolute Gasteiger partial charge is 0.411 e. The summed E-state index contributed by atoms with van der Waals surface area (Å²) in [5.41, 5.74) is 1.64. The van der Waals surface area contributed by atoms with Crippen molar-refractivity contribution < 1.29 is 19.0 Å². The second-order valence-electron chi connectivity index (χ2n) is 8.43. The second-order valence-corrected chi connectivity index (χ2v) is 9.25. The molecule has 0 aliphatic carbocycles. The van der Waals surface area contributed by atoms with Gasteiger partial charge in [0.25, 0.3) is 5.56 Å². The third-order valence-electron chi connectivity index (χ3n) is 6.30. The Morgan fingerprint density at radius 1 is 1.03 bits per heavy atom. The molecule has 0 unspecified atom stereocenters. The summed E-state index contributed by atoms with van der Waals surface area (Å²) in [6.45, 7) is 3.44. The van der Waals surface area contributed by atoms with E-state index in [4.69, 9.17) is 37.4 Å². The standard InChI is InChI=1S/C26H29Cl2N3O5/c1-4-36-26(33)29-23-16-13-21(34-2)22(35-3)14-20(16)31(15-17-18(27)9-8-10-19(17)28)25(32)24(23)30-11-6-5-7-12-30/h8-10,13-14H,4-7,11-12,15H2,1-3H3,(H,29,33). The number of nitrogens with zero attached hydrogens (tertiary/aromatic N) is 2. The van der Waals surface area contributed by atoms with Crippen molar-refractivity contribution in [2.75, 3.05) is 44.1 Å². The van der Waals surface area contributed by atoms with Gasteiger partial charge < -0.3 is 23.7 Å². The molecule has 10 heteroatoms. The lowest BCUT2D eigenvalue weighted by Crippen LogP contribution is -2.37. The summed E-state index contributed by atoms with van der Waals surface area (Å²) < 4.78 is 17.9. The van der Waals surface area contributed by atoms with Gasteiger partial charge in [0.15, 0.2) is 11.5 Å². The molecule has 0 spiro atoms. The molecule has 0 atom stereocenters. The van der Waals surface area contributed by atoms with Gasteiger partial charge >= 0.3 is 6.09 Å². The first-order valence-electron chi connectivity index (χ1n) is 11.8. The molecule has 1 fully saturated rings. The topological polar surface area (TPSA) is 82.0 Å². The summed E-state index contributed by atoms with van der Waals surface area (Å²) in [5, 5.41) is 4.34. The van der Waals surface area contributed by atoms with Crippen LogP contribution in [0.1, 0.15) is 31.7 Å². The molecule has 8 nitrogen and oxygen atoms in total. The number of aromatic nitrogens is 1. The predicted molar refractivity (Wildman–Crippen MR) is 144 cm³/mol. The Hall–Kier alpha value is -3.10. The zero-order chi connectivity index (χ0) is 25.8. The summed E-state index contributed by atoms with van der Waals surface area (Å²) in [7, 11) is 3.06. The number of halogens is 2. The van der Waals surface area contributed by atoms with E-state index in [0.717, 1.165) is 19.3 Å². The normalized spacial score (nSPS) is 13.5. The number of methoxy groups -OCH3 is 2. The highest BCUT2D eigenvalue weighted by Gasteiger charge is 2.26. The van der Waals surface area contributed by atoms with Crippen LogP contribution in [0.25, 0.3) is 10.9 Å². The van der Waals surface area contributed by atoms with Crippen LogP contribution in [0.4, 0.5) is 16.2 Å². The number of pyridine rings is 1. The van der Waals surface area contributed by atoms with E-state index in [9.17, 15) is 9.59 Å². The molecule has 1 aromatic heterocycles. The summed E-state index contributed by atoms with van der Waals surface area (Å²) in [6.07, 6.45) is 2.33. The number of amides is 1. The van der Waals surface area contributed by atoms with Gasteiger partial charge in [0.1, 0.15) is 5.69 Å². The minimum absolute atomic E-state index is 0.129. The van der Waals surface area contributed by atoms with Crippen LogP contribution in [0, 0.1) is 0 Å². The van der Waals surface area contributed by atoms with Crippen molar-refractivity contribution in [1.29, 1.82) is 0 Å². The average Bonchev–Trinajstić information content (AvgIpc) is 2.87. The Labute approximate surface area is 219 Å². The maximum atomic E-state index is 14.2. The predicted octanol–water partition coefficient (Wildman–Crippen LogP) is 5.93. The molecule has 2 heterocycles. The van der Waals surface area contributed by atoms with Gasteiger partial charge in [0.05, 0.1) is 38.6 Å². The maximum Gasteiger partial charge on any atom is 0.411 e. The Bertz CT molecular complexity index is 1320. The van der Waals surface area contributed by atoms with E-state index >= 15 is 0 Å². The van der Waals surface area contributed by atoms with Gasteiger partial charge in [-0.15, -0.1) is 0 Å². The first-order valence-corrected chi connectivity index (χ1v) is 12.6. The number of carbonyl (C=O) groups is 1. The zero-order valence-electron chi connectivity index (χ0n) is 20.5. The highest BCUT2D eigenvalue weighted by Crippen LogP contribution is 2.40. The van der Waals surface area contributed by atoms with Crippen LogP contribution in [-0.2, 0) is 11.3 Å². The van der Waals surface area contributed by atoms with E-state index in [-0.39, 0.29) is 18.7 Å². The van der Waals surface area contributed by atoms with Gasteiger partial charge in [-0.2, -0.15) is 0 Å². The SMILES string of the molecule is CCOC(=O)Nc1c(N2CCCCC2)c(=O)n(Cc2c(Cl)cccc2Cl)c2cc(OC)c(OC)cc12. The molecule has 36 heavy (non-hydrogen) atoms. The number of hydrogen-bond donors (Lipinski definition) is 1. The number of piperidine rings is 1. The number of carbonyl (C=O) groups excluding carboxylic acids is 1. The fourth-order valence-corrected chi connectivity index (χ4v) is 5.09. The van der Waals surface area contributed by atoms with E-state index in [0.29, 0.717) is 62.5 Å². The lowest BCUT2D eigenvalue weighted by atomic mass is 10.1. The number of ether oxygens (including phenoxy) is 3. The molecule has 1 N–H and O–H groups in total. The number of hydrogen-bond acceptors (Lipinski definition) is 6. The fraction of sp³-hybridized carbons (Fsp3) is 0.385. The summed E-state index contributed by atoms with van der Waals surface area (Å²) >= 11 is 13.0. The summed E-state index contributed by atoms with van der Waals surface area (Å²) in [6, 6.07) is 8.71. The van der Waals surface area contributed by atoms with Crippen molar-refractivity contribution in [3.8, 4) is 11.5 Å². The number of benzene rings is 2. The number of anilines is 2. The molecule has 4 rings (SSSR count). The van der Waals surface area contributed by atoms with Crippen molar-refractivity contribution >= 4 is 51.6 Å². The third kappa shape index (κ3) is 5.06. The summed E-state index contributed by atoms with van der Waals surface area (Å²) in [4.78, 5) is 28.8. The molecular weight excluding hydrogens is 505 g/mol. The van der Waals surface area contributed by atoms with Crippen molar-refractivity contribution in [1.82, 2.24) is 4.57 Å². The molecule has 0 bridgehead atoms. The quantitative estimate of drug-likeness (QED) is 0.405. The molecule has 1 saturated heterocycles. The minimum Gasteiger partial charge on any atom is -0.493 e. The number of nitrogens with one attached hydrogen (secondary N) is 1. The molecule has 1 aliphatic rings. The maximum absolute atomic E-state index is 14.2. The largest absolute Gasteiger partial charge is 0.493 e. The highest BCUT2D eigenvalue weighted by molar-refractivity contribution is 6.36. The number of fused-ring (bicyclic) bond motifs is 1. The second kappa shape index (κ2) is 11.3. The average molecular weight is 534 g/mol. The molecule has 192 valence electrons. The monoisotopic (exact) mass is 533 g/mol. The van der Waals surface area contributed by atoms with Gasteiger partial charge in [0, 0.05) is 40.2 Å². The van der Waals surface area contributed by atoms with Gasteiger partial charge in [-0.25, -0.2) is 4.79 Å². The van der Waals surface area contributed by atoms with Crippen LogP contribution >= 0.6 is 23.2 Å². The van der Waals surface area contributed by atoms with Crippen molar-refractivity contribution in [2.24, 2.45) is 0 Å². The third-order valence-corrected chi connectivity index (χ3v) is 7.01. The van der Waals surface area contributed by atoms with Crippen molar-refractivity contribution in [3.63, 3.8) is 0 Å². The van der Waals surface area contributed by atoms with E-state index in [1.807, 2.05) is 4.90 Å². The minimum atomic E-state index is -0.641. The highest BCUT2D eigenvalue weighted by atomic mass is 35.5. The Kier molecular flexibility index (Phi) is 8.16. The van der Waals surface area contributed by atoms with Crippen LogP contribution in [0.2, 0.25) is 10.0 Å². The van der Waals surface area contributed by atoms with Crippen LogP contribution in [0.15, 0.2) is 35.1 Å². The van der Waals surface area contributed by atoms with Crippen molar-refractivity contribution in [3.05, 3.63) is 56.3 Å². The van der Waals surface area contributed by atoms with Gasteiger partial charge in [0.2, 0.25) is 0 Å². The van der Waals surface area contributed by atoms with E-state index in [2.05, 4.69) is 5.32 Å². The lowest BCUT2D eigenvalue weighted by Gasteiger charge is -2.31. The summed E-state index contributed by atoms with van der Waals surface area (Å²) in [5.74, 6) is 0.902. The first-order chi connectivity index (χ1) is 17.4. The van der Waals surface area contributed by atoms with Crippen molar-refractivity contribution in [2.45, 2.75) is 32.7 Å². The van der Waals surface area contributed by atoms with E-state index in [1.165, 1.54) is 14.2 Å². The van der Waals surface area contributed by atoms with Crippen LogP contribution in [0.5, 0.6) is 11.5 Å². The van der Waals surface area contributed by atoms with Crippen LogP contribution < -0.4 is 25.2 Å². The van der Waals surface area contributed by atoms with E-state index in [1.54, 1.807) is 41.8 Å². The fourth-order valence-electron chi connectivity index (χ4n) is 4.57. The van der Waals surface area contributed by atoms with Crippen LogP contribution in [-0.4, -0.2) is 44.6 Å². The molecular formula is C26H29Cl2N3O5. The molecule has 1 amide bonds. The molecule has 0 saturated carbocycles. The first kappa shape index (κ1) is 26.0. The van der Waals surface area contributed by atoms with Gasteiger partial charge in [-0.05, 0) is 44.4 Å².